The summed E-state index contributed by atoms with van der Waals surface area (Å²) in [6, 6.07) is 0.509. The van der Waals surface area contributed by atoms with Crippen LogP contribution in [-0.2, 0) is 4.79 Å². The molecule has 1 N–H and O–H groups in total. The van der Waals surface area contributed by atoms with Crippen LogP contribution in [-0.4, -0.2) is 48.5 Å². The molecule has 2 aliphatic rings. The first-order chi connectivity index (χ1) is 8.29. The van der Waals surface area contributed by atoms with Crippen molar-refractivity contribution in [2.24, 2.45) is 5.92 Å². The Kier molecular flexibility index (Phi) is 5.16. The molecule has 0 spiro atoms. The number of piperidine rings is 1. The van der Waals surface area contributed by atoms with E-state index in [1.54, 1.807) is 0 Å². The third kappa shape index (κ3) is 3.88. The summed E-state index contributed by atoms with van der Waals surface area (Å²) in [5.41, 5.74) is 0. The Morgan fingerprint density at radius 1 is 1.35 bits per heavy atom. The summed E-state index contributed by atoms with van der Waals surface area (Å²) in [6.45, 7) is 1.88. The molecule has 0 bridgehead atoms. The van der Waals surface area contributed by atoms with E-state index in [0.717, 1.165) is 25.9 Å². The molecular weight excluding hydrogens is 232 g/mol. The molecule has 0 saturated carbocycles. The maximum absolute atomic E-state index is 12.2. The minimum absolute atomic E-state index is 0.391. The number of rotatable bonds is 3. The predicted octanol–water partition coefficient (Wildman–Crippen LogP) is 1.73. The van der Waals surface area contributed by atoms with Gasteiger partial charge < -0.3 is 10.2 Å². The molecule has 17 heavy (non-hydrogen) atoms. The van der Waals surface area contributed by atoms with Crippen molar-refractivity contribution in [3.63, 3.8) is 0 Å². The van der Waals surface area contributed by atoms with Crippen LogP contribution < -0.4 is 5.32 Å². The molecule has 0 aromatic carbocycles. The molecule has 98 valence electrons. The zero-order valence-electron chi connectivity index (χ0n) is 10.8. The van der Waals surface area contributed by atoms with Gasteiger partial charge in [-0.2, -0.15) is 11.8 Å². The molecule has 4 heteroatoms. The smallest absolute Gasteiger partial charge is 0.222 e. The lowest BCUT2D eigenvalue weighted by molar-refractivity contribution is -0.133. The number of thioether (sulfide) groups is 1. The van der Waals surface area contributed by atoms with Crippen LogP contribution in [0, 0.1) is 5.92 Å². The lowest BCUT2D eigenvalue weighted by atomic mass is 9.97. The van der Waals surface area contributed by atoms with Crippen molar-refractivity contribution >= 4 is 17.7 Å². The van der Waals surface area contributed by atoms with Crippen LogP contribution in [0.15, 0.2) is 0 Å². The summed E-state index contributed by atoms with van der Waals surface area (Å²) in [4.78, 5) is 14.3. The second-order valence-corrected chi connectivity index (χ2v) is 6.45. The summed E-state index contributed by atoms with van der Waals surface area (Å²) < 4.78 is 0. The van der Waals surface area contributed by atoms with Crippen molar-refractivity contribution in [3.05, 3.63) is 0 Å². The molecular formula is C13H24N2OS. The summed E-state index contributed by atoms with van der Waals surface area (Å²) in [6.07, 6.45) is 5.62. The highest BCUT2D eigenvalue weighted by Crippen LogP contribution is 2.26. The van der Waals surface area contributed by atoms with E-state index in [2.05, 4.69) is 10.2 Å². The first kappa shape index (κ1) is 13.2. The number of amides is 1. The second kappa shape index (κ2) is 6.64. The van der Waals surface area contributed by atoms with Gasteiger partial charge in [0.05, 0.1) is 0 Å². The summed E-state index contributed by atoms with van der Waals surface area (Å²) in [5, 5.41) is 3.30. The Labute approximate surface area is 109 Å². The monoisotopic (exact) mass is 256 g/mol. The zero-order chi connectivity index (χ0) is 12.1. The molecule has 1 unspecified atom stereocenters. The first-order valence-corrected chi connectivity index (χ1v) is 7.98. The average Bonchev–Trinajstić information content (AvgIpc) is 2.40. The van der Waals surface area contributed by atoms with Crippen molar-refractivity contribution in [1.82, 2.24) is 10.2 Å². The standard InChI is InChI=1S/C13H24N2OS/c1-14-12-3-2-6-15(10-12)13(16)9-11-4-7-17-8-5-11/h11-12,14H,2-10H2,1H3. The van der Waals surface area contributed by atoms with Crippen LogP contribution in [0.1, 0.15) is 32.1 Å². The summed E-state index contributed by atoms with van der Waals surface area (Å²) in [5.74, 6) is 3.54. The van der Waals surface area contributed by atoms with E-state index in [-0.39, 0.29) is 0 Å². The number of likely N-dealkylation sites (N-methyl/N-ethyl adjacent to an activating group) is 1. The Hall–Kier alpha value is -0.220. The van der Waals surface area contributed by atoms with Gasteiger partial charge in [-0.15, -0.1) is 0 Å². The highest BCUT2D eigenvalue weighted by atomic mass is 32.2. The van der Waals surface area contributed by atoms with Crippen LogP contribution in [0.5, 0.6) is 0 Å². The van der Waals surface area contributed by atoms with Crippen LogP contribution in [0.25, 0.3) is 0 Å². The van der Waals surface area contributed by atoms with Gasteiger partial charge in [0, 0.05) is 25.6 Å². The molecule has 3 nitrogen and oxygen atoms in total. The number of likely N-dealkylation sites (tertiary alicyclic amines) is 1. The molecule has 2 saturated heterocycles. The zero-order valence-corrected chi connectivity index (χ0v) is 11.6. The minimum Gasteiger partial charge on any atom is -0.341 e. The highest BCUT2D eigenvalue weighted by molar-refractivity contribution is 7.99. The average molecular weight is 256 g/mol. The van der Waals surface area contributed by atoms with Gasteiger partial charge in [-0.1, -0.05) is 0 Å². The molecule has 0 aromatic heterocycles. The maximum Gasteiger partial charge on any atom is 0.222 e. The SMILES string of the molecule is CNC1CCCN(C(=O)CC2CCSCC2)C1. The Morgan fingerprint density at radius 3 is 2.82 bits per heavy atom. The number of carbonyl (C=O) groups is 1. The number of hydrogen-bond donors (Lipinski definition) is 1. The third-order valence-electron chi connectivity index (χ3n) is 3.99. The van der Waals surface area contributed by atoms with Gasteiger partial charge in [-0.3, -0.25) is 4.79 Å². The van der Waals surface area contributed by atoms with Gasteiger partial charge in [0.1, 0.15) is 0 Å². The number of nitrogens with zero attached hydrogens (tertiary/aromatic N) is 1. The quantitative estimate of drug-likeness (QED) is 0.834. The predicted molar refractivity (Wildman–Crippen MR) is 73.3 cm³/mol. The fraction of sp³-hybridized carbons (Fsp3) is 0.923. The van der Waals surface area contributed by atoms with E-state index in [0.29, 0.717) is 17.9 Å². The van der Waals surface area contributed by atoms with Gasteiger partial charge in [0.25, 0.3) is 0 Å². The summed E-state index contributed by atoms with van der Waals surface area (Å²) in [7, 11) is 2.00. The van der Waals surface area contributed by atoms with Crippen molar-refractivity contribution in [2.45, 2.75) is 38.1 Å². The minimum atomic E-state index is 0.391. The second-order valence-electron chi connectivity index (χ2n) is 5.23. The normalized spacial score (nSPS) is 27.1. The number of nitrogens with one attached hydrogen (secondary N) is 1. The van der Waals surface area contributed by atoms with Gasteiger partial charge in [-0.25, -0.2) is 0 Å². The Morgan fingerprint density at radius 2 is 2.12 bits per heavy atom. The van der Waals surface area contributed by atoms with E-state index in [1.165, 1.54) is 30.8 Å². The lowest BCUT2D eigenvalue weighted by Gasteiger charge is -2.34. The van der Waals surface area contributed by atoms with Crippen molar-refractivity contribution < 1.29 is 4.79 Å². The Balaban J connectivity index is 1.78. The largest absolute Gasteiger partial charge is 0.341 e. The molecule has 2 heterocycles. The molecule has 0 radical (unpaired) electrons. The van der Waals surface area contributed by atoms with Gasteiger partial charge in [0.15, 0.2) is 0 Å². The molecule has 0 aromatic rings. The van der Waals surface area contributed by atoms with Crippen molar-refractivity contribution in [2.75, 3.05) is 31.6 Å². The molecule has 0 aliphatic carbocycles. The van der Waals surface area contributed by atoms with Crippen LogP contribution in [0.3, 0.4) is 0 Å². The van der Waals surface area contributed by atoms with E-state index < -0.39 is 0 Å². The fourth-order valence-electron chi connectivity index (χ4n) is 2.77. The third-order valence-corrected chi connectivity index (χ3v) is 5.04. The van der Waals surface area contributed by atoms with Gasteiger partial charge >= 0.3 is 0 Å². The molecule has 2 rings (SSSR count). The van der Waals surface area contributed by atoms with Crippen LogP contribution in [0.2, 0.25) is 0 Å². The van der Waals surface area contributed by atoms with Crippen LogP contribution >= 0.6 is 11.8 Å². The van der Waals surface area contributed by atoms with E-state index in [9.17, 15) is 4.79 Å². The Bertz CT molecular complexity index is 254. The molecule has 2 aliphatic heterocycles. The van der Waals surface area contributed by atoms with Gasteiger partial charge in [-0.05, 0) is 50.2 Å². The lowest BCUT2D eigenvalue weighted by Crippen LogP contribution is -2.47. The molecule has 2 fully saturated rings. The van der Waals surface area contributed by atoms with Crippen molar-refractivity contribution in [3.8, 4) is 0 Å². The molecule has 1 amide bonds. The van der Waals surface area contributed by atoms with E-state index >= 15 is 0 Å². The first-order valence-electron chi connectivity index (χ1n) is 6.82. The summed E-state index contributed by atoms with van der Waals surface area (Å²) >= 11 is 2.03. The van der Waals surface area contributed by atoms with Crippen molar-refractivity contribution in [1.29, 1.82) is 0 Å². The fourth-order valence-corrected chi connectivity index (χ4v) is 3.97. The van der Waals surface area contributed by atoms with Gasteiger partial charge in [0.2, 0.25) is 5.91 Å². The highest BCUT2D eigenvalue weighted by Gasteiger charge is 2.25. The van der Waals surface area contributed by atoms with E-state index in [1.807, 2.05) is 18.8 Å². The topological polar surface area (TPSA) is 32.3 Å². The van der Waals surface area contributed by atoms with E-state index in [4.69, 9.17) is 0 Å². The number of hydrogen-bond acceptors (Lipinski definition) is 3. The number of carbonyl (C=O) groups excluding carboxylic acids is 1. The molecule has 1 atom stereocenters. The van der Waals surface area contributed by atoms with Crippen LogP contribution in [0.4, 0.5) is 0 Å². The maximum atomic E-state index is 12.2.